The lowest BCUT2D eigenvalue weighted by molar-refractivity contribution is 0.255. The molecule has 1 aromatic carbocycles. The van der Waals surface area contributed by atoms with Gasteiger partial charge in [0.05, 0.1) is 6.61 Å². The molecule has 1 aromatic rings. The number of benzene rings is 1. The van der Waals surface area contributed by atoms with Crippen molar-refractivity contribution >= 4 is 0 Å². The predicted octanol–water partition coefficient (Wildman–Crippen LogP) is 2.18. The molecule has 2 nitrogen and oxygen atoms in total. The van der Waals surface area contributed by atoms with Crippen LogP contribution < -0.4 is 5.32 Å². The van der Waals surface area contributed by atoms with Crippen LogP contribution in [0.15, 0.2) is 24.3 Å². The molecule has 2 aliphatic rings. The number of aliphatic hydroxyl groups excluding tert-OH is 1. The molecule has 0 amide bonds. The molecule has 2 N–H and O–H groups in total. The third-order valence-corrected chi connectivity index (χ3v) is 4.47. The first-order valence-electron chi connectivity index (χ1n) is 6.76. The second-order valence-electron chi connectivity index (χ2n) is 5.59. The maximum absolute atomic E-state index is 9.50. The van der Waals surface area contributed by atoms with Gasteiger partial charge in [-0.1, -0.05) is 24.3 Å². The van der Waals surface area contributed by atoms with Crippen LogP contribution in [0.3, 0.4) is 0 Å². The summed E-state index contributed by atoms with van der Waals surface area (Å²) in [5, 5.41) is 12.9. The molecule has 17 heavy (non-hydrogen) atoms. The Morgan fingerprint density at radius 3 is 2.65 bits per heavy atom. The second-order valence-corrected chi connectivity index (χ2v) is 5.59. The molecule has 1 heterocycles. The molecular weight excluding hydrogens is 210 g/mol. The number of hydrogen-bond acceptors (Lipinski definition) is 2. The minimum Gasteiger partial charge on any atom is -0.395 e. The summed E-state index contributed by atoms with van der Waals surface area (Å²) in [5.74, 6) is 0.714. The Kier molecular flexibility index (Phi) is 2.93. The van der Waals surface area contributed by atoms with Crippen molar-refractivity contribution < 1.29 is 5.11 Å². The quantitative estimate of drug-likeness (QED) is 0.835. The molecule has 1 saturated carbocycles. The molecule has 0 radical (unpaired) electrons. The van der Waals surface area contributed by atoms with E-state index in [-0.39, 0.29) is 5.41 Å². The van der Waals surface area contributed by atoms with Crippen molar-refractivity contribution in [3.05, 3.63) is 35.4 Å². The smallest absolute Gasteiger partial charge is 0.0527 e. The highest BCUT2D eigenvalue weighted by atomic mass is 16.3. The maximum Gasteiger partial charge on any atom is 0.0527 e. The van der Waals surface area contributed by atoms with Crippen LogP contribution in [0.25, 0.3) is 0 Å². The predicted molar refractivity (Wildman–Crippen MR) is 69.3 cm³/mol. The Hall–Kier alpha value is -0.860. The molecule has 0 bridgehead atoms. The Balaban J connectivity index is 1.83. The van der Waals surface area contributed by atoms with Crippen LogP contribution in [0.2, 0.25) is 0 Å². The van der Waals surface area contributed by atoms with Gasteiger partial charge >= 0.3 is 0 Å². The van der Waals surface area contributed by atoms with Gasteiger partial charge in [0.25, 0.3) is 0 Å². The van der Waals surface area contributed by atoms with E-state index in [9.17, 15) is 5.11 Å². The van der Waals surface area contributed by atoms with Gasteiger partial charge in [0.2, 0.25) is 0 Å². The van der Waals surface area contributed by atoms with E-state index in [1.54, 1.807) is 0 Å². The van der Waals surface area contributed by atoms with Crippen LogP contribution in [0.4, 0.5) is 0 Å². The maximum atomic E-state index is 9.50. The molecule has 1 saturated heterocycles. The molecular formula is C15H21NO. The standard InChI is InChI=1S/C15H21NO/c17-11-15(6-7-15)14-3-1-2-13(10-14)12-4-8-16-9-5-12/h1-3,10,12,16-17H,4-9,11H2. The lowest BCUT2D eigenvalue weighted by Gasteiger charge is -2.24. The van der Waals surface area contributed by atoms with Gasteiger partial charge in [0.1, 0.15) is 0 Å². The van der Waals surface area contributed by atoms with E-state index in [4.69, 9.17) is 0 Å². The molecule has 2 heteroatoms. The van der Waals surface area contributed by atoms with E-state index >= 15 is 0 Å². The number of nitrogens with one attached hydrogen (secondary N) is 1. The SMILES string of the molecule is OCC1(c2cccc(C3CCNCC3)c2)CC1. The van der Waals surface area contributed by atoms with Crippen molar-refractivity contribution in [3.8, 4) is 0 Å². The van der Waals surface area contributed by atoms with Gasteiger partial charge in [-0.3, -0.25) is 0 Å². The Morgan fingerprint density at radius 2 is 2.00 bits per heavy atom. The number of piperidine rings is 1. The van der Waals surface area contributed by atoms with Gasteiger partial charge in [0, 0.05) is 5.41 Å². The Labute approximate surface area is 103 Å². The first kappa shape index (κ1) is 11.2. The summed E-state index contributed by atoms with van der Waals surface area (Å²) in [5.41, 5.74) is 2.95. The van der Waals surface area contributed by atoms with E-state index < -0.39 is 0 Å². The highest BCUT2D eigenvalue weighted by molar-refractivity contribution is 5.36. The molecule has 0 unspecified atom stereocenters. The van der Waals surface area contributed by atoms with Gasteiger partial charge in [-0.2, -0.15) is 0 Å². The average Bonchev–Trinajstić information content (AvgIpc) is 3.21. The van der Waals surface area contributed by atoms with E-state index in [0.717, 1.165) is 25.9 Å². The summed E-state index contributed by atoms with van der Waals surface area (Å²) in [6, 6.07) is 8.96. The van der Waals surface area contributed by atoms with Crippen LogP contribution in [0.1, 0.15) is 42.7 Å². The minimum atomic E-state index is 0.114. The molecule has 1 aliphatic carbocycles. The number of aliphatic hydroxyl groups is 1. The van der Waals surface area contributed by atoms with Crippen LogP contribution in [0, 0.1) is 0 Å². The highest BCUT2D eigenvalue weighted by Gasteiger charge is 2.43. The fourth-order valence-electron chi connectivity index (χ4n) is 2.97. The Morgan fingerprint density at radius 1 is 1.24 bits per heavy atom. The zero-order chi connectivity index (χ0) is 11.7. The largest absolute Gasteiger partial charge is 0.395 e. The number of hydrogen-bond donors (Lipinski definition) is 2. The van der Waals surface area contributed by atoms with Gasteiger partial charge in [-0.25, -0.2) is 0 Å². The minimum absolute atomic E-state index is 0.114. The summed E-state index contributed by atoms with van der Waals surface area (Å²) >= 11 is 0. The van der Waals surface area contributed by atoms with E-state index in [2.05, 4.69) is 29.6 Å². The van der Waals surface area contributed by atoms with Crippen molar-refractivity contribution in [1.82, 2.24) is 5.32 Å². The highest BCUT2D eigenvalue weighted by Crippen LogP contribution is 2.48. The number of rotatable bonds is 3. The van der Waals surface area contributed by atoms with E-state index in [1.165, 1.54) is 24.0 Å². The fraction of sp³-hybridized carbons (Fsp3) is 0.600. The molecule has 2 fully saturated rings. The van der Waals surface area contributed by atoms with E-state index in [0.29, 0.717) is 12.5 Å². The van der Waals surface area contributed by atoms with Gasteiger partial charge in [-0.05, 0) is 55.8 Å². The zero-order valence-electron chi connectivity index (χ0n) is 10.3. The molecule has 92 valence electrons. The summed E-state index contributed by atoms with van der Waals surface area (Å²) < 4.78 is 0. The van der Waals surface area contributed by atoms with Crippen molar-refractivity contribution in [2.75, 3.05) is 19.7 Å². The van der Waals surface area contributed by atoms with Crippen molar-refractivity contribution in [3.63, 3.8) is 0 Å². The first-order valence-corrected chi connectivity index (χ1v) is 6.76. The average molecular weight is 231 g/mol. The first-order chi connectivity index (χ1) is 8.34. The second kappa shape index (κ2) is 4.43. The lowest BCUT2D eigenvalue weighted by atomic mass is 9.86. The third-order valence-electron chi connectivity index (χ3n) is 4.47. The summed E-state index contributed by atoms with van der Waals surface area (Å²) in [7, 11) is 0. The van der Waals surface area contributed by atoms with Crippen LogP contribution >= 0.6 is 0 Å². The van der Waals surface area contributed by atoms with Crippen LogP contribution in [-0.2, 0) is 5.41 Å². The monoisotopic (exact) mass is 231 g/mol. The fourth-order valence-corrected chi connectivity index (χ4v) is 2.97. The van der Waals surface area contributed by atoms with Crippen molar-refractivity contribution in [1.29, 1.82) is 0 Å². The molecule has 1 aliphatic heterocycles. The topological polar surface area (TPSA) is 32.3 Å². The summed E-state index contributed by atoms with van der Waals surface area (Å²) in [4.78, 5) is 0. The van der Waals surface area contributed by atoms with Gasteiger partial charge < -0.3 is 10.4 Å². The normalized spacial score (nSPS) is 23.6. The molecule has 0 spiro atoms. The lowest BCUT2D eigenvalue weighted by Crippen LogP contribution is -2.26. The molecule has 0 atom stereocenters. The van der Waals surface area contributed by atoms with Crippen molar-refractivity contribution in [2.45, 2.75) is 37.0 Å². The zero-order valence-corrected chi connectivity index (χ0v) is 10.3. The van der Waals surface area contributed by atoms with Crippen molar-refractivity contribution in [2.24, 2.45) is 0 Å². The summed E-state index contributed by atoms with van der Waals surface area (Å²) in [6.07, 6.45) is 4.80. The molecule has 0 aromatic heterocycles. The third kappa shape index (κ3) is 2.12. The van der Waals surface area contributed by atoms with Gasteiger partial charge in [0.15, 0.2) is 0 Å². The van der Waals surface area contributed by atoms with Gasteiger partial charge in [-0.15, -0.1) is 0 Å². The Bertz CT molecular complexity index is 392. The van der Waals surface area contributed by atoms with E-state index in [1.807, 2.05) is 0 Å². The molecule has 3 rings (SSSR count). The van der Waals surface area contributed by atoms with Crippen LogP contribution in [-0.4, -0.2) is 24.8 Å². The van der Waals surface area contributed by atoms with Crippen LogP contribution in [0.5, 0.6) is 0 Å². The summed E-state index contributed by atoms with van der Waals surface area (Å²) in [6.45, 7) is 2.59.